The molecule has 1 aliphatic heterocycles. The maximum absolute atomic E-state index is 12.6. The molecule has 1 N–H and O–H groups in total. The number of nitrogens with one attached hydrogen (secondary N) is 1. The number of halogens is 2. The average molecular weight is 362 g/mol. The second kappa shape index (κ2) is 6.64. The number of carbonyl (C=O) groups is 3. The van der Waals surface area contributed by atoms with Gasteiger partial charge >= 0.3 is 0 Å². The second-order valence-corrected chi connectivity index (χ2v) is 6.29. The number of hydrogen-bond donors (Lipinski definition) is 1. The van der Waals surface area contributed by atoms with E-state index in [0.29, 0.717) is 11.8 Å². The van der Waals surface area contributed by atoms with E-state index in [1.165, 1.54) is 37.4 Å². The minimum absolute atomic E-state index is 0.149. The number of rotatable bonds is 4. The third kappa shape index (κ3) is 3.25. The minimum Gasteiger partial charge on any atom is -0.321 e. The Morgan fingerprint density at radius 3 is 2.48 bits per heavy atom. The Balaban J connectivity index is 1.87. The highest BCUT2D eigenvalue weighted by Gasteiger charge is 2.33. The average Bonchev–Trinajstić information content (AvgIpc) is 2.80. The lowest BCUT2D eigenvalue weighted by Gasteiger charge is -2.10. The van der Waals surface area contributed by atoms with Crippen LogP contribution >= 0.6 is 11.8 Å². The molecule has 0 saturated carbocycles. The smallest absolute Gasteiger partial charge is 0.288 e. The summed E-state index contributed by atoms with van der Waals surface area (Å²) in [4.78, 5) is 37.5. The van der Waals surface area contributed by atoms with E-state index in [1.807, 2.05) is 0 Å². The van der Waals surface area contributed by atoms with Crippen LogP contribution < -0.4 is 5.32 Å². The topological polar surface area (TPSA) is 66.5 Å². The highest BCUT2D eigenvalue weighted by molar-refractivity contribution is 7.99. The molecule has 0 atom stereocenters. The second-order valence-electron chi connectivity index (χ2n) is 5.26. The minimum atomic E-state index is -2.61. The Hall–Kier alpha value is -2.74. The molecule has 8 heteroatoms. The molecule has 0 saturated heterocycles. The van der Waals surface area contributed by atoms with E-state index < -0.39 is 23.5 Å². The fourth-order valence-corrected chi connectivity index (χ4v) is 3.06. The van der Waals surface area contributed by atoms with E-state index in [1.54, 1.807) is 12.1 Å². The van der Waals surface area contributed by atoms with Crippen molar-refractivity contribution in [2.75, 3.05) is 12.4 Å². The van der Waals surface area contributed by atoms with E-state index in [0.717, 1.165) is 4.90 Å². The molecule has 2 aromatic rings. The van der Waals surface area contributed by atoms with E-state index in [4.69, 9.17) is 0 Å². The maximum atomic E-state index is 12.6. The summed E-state index contributed by atoms with van der Waals surface area (Å²) in [6.07, 6.45) is 0. The summed E-state index contributed by atoms with van der Waals surface area (Å²) in [6.45, 7) is 0. The Kier molecular flexibility index (Phi) is 4.54. The molecule has 5 nitrogen and oxygen atoms in total. The van der Waals surface area contributed by atoms with E-state index in [2.05, 4.69) is 5.32 Å². The predicted octanol–water partition coefficient (Wildman–Crippen LogP) is 3.48. The molecule has 3 rings (SSSR count). The first kappa shape index (κ1) is 17.1. The molecule has 0 radical (unpaired) electrons. The first-order valence-corrected chi connectivity index (χ1v) is 8.08. The van der Waals surface area contributed by atoms with Crippen LogP contribution in [0.4, 0.5) is 14.5 Å². The Bertz CT molecular complexity index is 886. The van der Waals surface area contributed by atoms with Crippen LogP contribution in [0.15, 0.2) is 47.4 Å². The predicted molar refractivity (Wildman–Crippen MR) is 89.1 cm³/mol. The summed E-state index contributed by atoms with van der Waals surface area (Å²) in [5.74, 6) is -4.08. The van der Waals surface area contributed by atoms with Crippen molar-refractivity contribution in [3.05, 3.63) is 59.2 Å². The molecule has 1 heterocycles. The van der Waals surface area contributed by atoms with Crippen molar-refractivity contribution >= 4 is 35.2 Å². The Morgan fingerprint density at radius 1 is 1.08 bits per heavy atom. The lowest BCUT2D eigenvalue weighted by molar-refractivity contribution is 0.0693. The van der Waals surface area contributed by atoms with Gasteiger partial charge in [0.15, 0.2) is 0 Å². The number of alkyl halides is 2. The quantitative estimate of drug-likeness (QED) is 0.668. The number of amides is 3. The largest absolute Gasteiger partial charge is 0.321 e. The molecule has 0 aromatic heterocycles. The van der Waals surface area contributed by atoms with Crippen molar-refractivity contribution in [1.29, 1.82) is 0 Å². The van der Waals surface area contributed by atoms with Gasteiger partial charge in [-0.15, -0.1) is 0 Å². The number of hydrogen-bond acceptors (Lipinski definition) is 4. The standard InChI is InChI=1S/C17H12F2N2O3S/c1-21-15(23)10-7-6-9(8-11(10)16(21)24)14(22)20-12-4-2-3-5-13(12)25-17(18)19/h2-8,17H,1H3,(H,20,22). The van der Waals surface area contributed by atoms with Crippen LogP contribution in [0.3, 0.4) is 0 Å². The monoisotopic (exact) mass is 362 g/mol. The molecule has 128 valence electrons. The highest BCUT2D eigenvalue weighted by Crippen LogP contribution is 2.32. The van der Waals surface area contributed by atoms with Crippen LogP contribution in [0.1, 0.15) is 31.1 Å². The van der Waals surface area contributed by atoms with Crippen LogP contribution in [0.5, 0.6) is 0 Å². The first-order chi connectivity index (χ1) is 11.9. The van der Waals surface area contributed by atoms with Gasteiger partial charge in [-0.25, -0.2) is 0 Å². The van der Waals surface area contributed by atoms with Gasteiger partial charge < -0.3 is 5.32 Å². The number of nitrogens with zero attached hydrogens (tertiary/aromatic N) is 1. The van der Waals surface area contributed by atoms with Crippen LogP contribution in [-0.2, 0) is 0 Å². The summed E-state index contributed by atoms with van der Waals surface area (Å²) < 4.78 is 25.2. The third-order valence-corrected chi connectivity index (χ3v) is 4.49. The van der Waals surface area contributed by atoms with Gasteiger partial charge in [0.05, 0.1) is 16.8 Å². The molecular weight excluding hydrogens is 350 g/mol. The molecule has 0 spiro atoms. The number of imide groups is 1. The molecule has 2 aromatic carbocycles. The number of carbonyl (C=O) groups excluding carboxylic acids is 3. The number of thioether (sulfide) groups is 1. The first-order valence-electron chi connectivity index (χ1n) is 7.20. The lowest BCUT2D eigenvalue weighted by Crippen LogP contribution is -2.24. The lowest BCUT2D eigenvalue weighted by atomic mass is 10.1. The number of fused-ring (bicyclic) bond motifs is 1. The molecular formula is C17H12F2N2O3S. The molecule has 0 unspecified atom stereocenters. The zero-order chi connectivity index (χ0) is 18.1. The summed E-state index contributed by atoms with van der Waals surface area (Å²) in [7, 11) is 1.36. The fourth-order valence-electron chi connectivity index (χ4n) is 2.47. The van der Waals surface area contributed by atoms with Gasteiger partial charge in [-0.2, -0.15) is 8.78 Å². The van der Waals surface area contributed by atoms with Crippen LogP contribution in [0, 0.1) is 0 Å². The van der Waals surface area contributed by atoms with Gasteiger partial charge in [0.2, 0.25) is 0 Å². The SMILES string of the molecule is CN1C(=O)c2ccc(C(=O)Nc3ccccc3SC(F)F)cc2C1=O. The van der Waals surface area contributed by atoms with Crippen molar-refractivity contribution in [2.24, 2.45) is 0 Å². The molecule has 1 aliphatic rings. The van der Waals surface area contributed by atoms with Gasteiger partial charge in [0, 0.05) is 17.5 Å². The normalized spacial score (nSPS) is 13.4. The zero-order valence-electron chi connectivity index (χ0n) is 13.0. The van der Waals surface area contributed by atoms with Gasteiger partial charge in [0.25, 0.3) is 23.5 Å². The van der Waals surface area contributed by atoms with Gasteiger partial charge in [-0.1, -0.05) is 23.9 Å². The number of para-hydroxylation sites is 1. The fraction of sp³-hybridized carbons (Fsp3) is 0.118. The van der Waals surface area contributed by atoms with Crippen molar-refractivity contribution in [1.82, 2.24) is 4.90 Å². The number of benzene rings is 2. The van der Waals surface area contributed by atoms with Crippen LogP contribution in [-0.4, -0.2) is 35.4 Å². The summed E-state index contributed by atoms with van der Waals surface area (Å²) >= 11 is 0.330. The van der Waals surface area contributed by atoms with E-state index in [9.17, 15) is 23.2 Å². The molecule has 25 heavy (non-hydrogen) atoms. The van der Waals surface area contributed by atoms with Gasteiger partial charge in [-0.3, -0.25) is 19.3 Å². The maximum Gasteiger partial charge on any atom is 0.288 e. The third-order valence-electron chi connectivity index (χ3n) is 3.70. The van der Waals surface area contributed by atoms with Crippen molar-refractivity contribution in [2.45, 2.75) is 10.7 Å². The Labute approximate surface area is 146 Å². The summed E-state index contributed by atoms with van der Waals surface area (Å²) in [5, 5.41) is 2.56. The zero-order valence-corrected chi connectivity index (χ0v) is 13.8. The van der Waals surface area contributed by atoms with Gasteiger partial charge in [0.1, 0.15) is 0 Å². The number of anilines is 1. The molecule has 0 bridgehead atoms. The summed E-state index contributed by atoms with van der Waals surface area (Å²) in [6, 6.07) is 10.4. The van der Waals surface area contributed by atoms with Crippen molar-refractivity contribution in [3.63, 3.8) is 0 Å². The Morgan fingerprint density at radius 2 is 1.76 bits per heavy atom. The van der Waals surface area contributed by atoms with Crippen LogP contribution in [0.2, 0.25) is 0 Å². The summed E-state index contributed by atoms with van der Waals surface area (Å²) in [5.41, 5.74) is 0.790. The van der Waals surface area contributed by atoms with Crippen molar-refractivity contribution < 1.29 is 23.2 Å². The van der Waals surface area contributed by atoms with Crippen LogP contribution in [0.25, 0.3) is 0 Å². The van der Waals surface area contributed by atoms with Gasteiger partial charge in [-0.05, 0) is 30.3 Å². The molecule has 3 amide bonds. The van der Waals surface area contributed by atoms with Crippen molar-refractivity contribution in [3.8, 4) is 0 Å². The van der Waals surface area contributed by atoms with E-state index >= 15 is 0 Å². The molecule has 0 aliphatic carbocycles. The highest BCUT2D eigenvalue weighted by atomic mass is 32.2. The molecule has 0 fully saturated rings. The van der Waals surface area contributed by atoms with E-state index in [-0.39, 0.29) is 27.3 Å².